The largest absolute Gasteiger partial charge is 0.493 e. The molecule has 0 spiro atoms. The van der Waals surface area contributed by atoms with E-state index >= 15 is 0 Å². The van der Waals surface area contributed by atoms with Crippen molar-refractivity contribution in [2.45, 2.75) is 18.4 Å². The summed E-state index contributed by atoms with van der Waals surface area (Å²) in [4.78, 5) is 23.4. The minimum Gasteiger partial charge on any atom is -0.493 e. The molecule has 1 N–H and O–H groups in total. The fourth-order valence-corrected chi connectivity index (χ4v) is 3.14. The molecule has 27 heavy (non-hydrogen) atoms. The van der Waals surface area contributed by atoms with Crippen molar-refractivity contribution >= 4 is 21.7 Å². The Morgan fingerprint density at radius 3 is 2.33 bits per heavy atom. The zero-order valence-electron chi connectivity index (χ0n) is 14.2. The molecule has 0 atom stereocenters. The van der Waals surface area contributed by atoms with Crippen LogP contribution in [0.1, 0.15) is 27.6 Å². The summed E-state index contributed by atoms with van der Waals surface area (Å²) in [6.45, 7) is -1.81. The number of ketones is 1. The van der Waals surface area contributed by atoms with Gasteiger partial charge in [0.15, 0.2) is 17.3 Å². The summed E-state index contributed by atoms with van der Waals surface area (Å²) in [5, 5.41) is 0. The van der Waals surface area contributed by atoms with Gasteiger partial charge >= 0.3 is 6.61 Å². The molecule has 0 saturated carbocycles. The fraction of sp³-hybridized carbons (Fsp3) is 0.176. The van der Waals surface area contributed by atoms with Gasteiger partial charge in [-0.1, -0.05) is 12.1 Å². The Bertz CT molecular complexity index is 975. The number of methoxy groups -OCH3 is 1. The molecule has 0 bridgehead atoms. The molecule has 144 valence electrons. The number of ether oxygens (including phenoxy) is 2. The van der Waals surface area contributed by atoms with E-state index in [1.54, 1.807) is 0 Å². The Hall–Kier alpha value is -3.01. The summed E-state index contributed by atoms with van der Waals surface area (Å²) in [6.07, 6.45) is 0. The molecule has 0 saturated heterocycles. The highest BCUT2D eigenvalue weighted by molar-refractivity contribution is 7.90. The van der Waals surface area contributed by atoms with E-state index in [4.69, 9.17) is 4.74 Å². The number of hydrogen-bond donors (Lipinski definition) is 1. The summed E-state index contributed by atoms with van der Waals surface area (Å²) >= 11 is 0. The van der Waals surface area contributed by atoms with E-state index in [2.05, 4.69) is 4.74 Å². The number of benzene rings is 2. The van der Waals surface area contributed by atoms with E-state index in [1.807, 2.05) is 4.72 Å². The van der Waals surface area contributed by atoms with Crippen molar-refractivity contribution in [3.05, 3.63) is 53.6 Å². The van der Waals surface area contributed by atoms with Gasteiger partial charge in [-0.25, -0.2) is 13.1 Å². The van der Waals surface area contributed by atoms with Crippen LogP contribution in [0.4, 0.5) is 8.78 Å². The first-order valence-corrected chi connectivity index (χ1v) is 8.93. The van der Waals surface area contributed by atoms with Gasteiger partial charge < -0.3 is 9.47 Å². The quantitative estimate of drug-likeness (QED) is 0.719. The third-order valence-electron chi connectivity index (χ3n) is 3.42. The van der Waals surface area contributed by atoms with Gasteiger partial charge in [0, 0.05) is 11.1 Å². The van der Waals surface area contributed by atoms with Gasteiger partial charge in [-0.05, 0) is 37.3 Å². The second-order valence-corrected chi connectivity index (χ2v) is 6.95. The second-order valence-electron chi connectivity index (χ2n) is 5.26. The van der Waals surface area contributed by atoms with Crippen molar-refractivity contribution in [1.82, 2.24) is 4.72 Å². The van der Waals surface area contributed by atoms with E-state index in [-0.39, 0.29) is 33.3 Å². The maximum Gasteiger partial charge on any atom is 0.387 e. The number of sulfonamides is 1. The topological polar surface area (TPSA) is 98.8 Å². The number of halogens is 2. The Morgan fingerprint density at radius 1 is 1.04 bits per heavy atom. The van der Waals surface area contributed by atoms with Crippen molar-refractivity contribution in [1.29, 1.82) is 0 Å². The van der Waals surface area contributed by atoms with Crippen LogP contribution in [0.2, 0.25) is 0 Å². The van der Waals surface area contributed by atoms with Crippen molar-refractivity contribution in [3.8, 4) is 11.5 Å². The lowest BCUT2D eigenvalue weighted by atomic mass is 10.2. The van der Waals surface area contributed by atoms with Crippen molar-refractivity contribution < 1.29 is 36.3 Å². The van der Waals surface area contributed by atoms with Gasteiger partial charge in [-0.2, -0.15) is 8.78 Å². The second kappa shape index (κ2) is 8.12. The van der Waals surface area contributed by atoms with Crippen molar-refractivity contribution in [2.75, 3.05) is 7.11 Å². The molecule has 0 radical (unpaired) electrons. The smallest absolute Gasteiger partial charge is 0.387 e. The average molecular weight is 399 g/mol. The van der Waals surface area contributed by atoms with Crippen LogP contribution in [-0.4, -0.2) is 33.8 Å². The van der Waals surface area contributed by atoms with Crippen LogP contribution in [0, 0.1) is 0 Å². The van der Waals surface area contributed by atoms with Crippen LogP contribution in [0.3, 0.4) is 0 Å². The lowest BCUT2D eigenvalue weighted by Crippen LogP contribution is -2.30. The number of Topliss-reactive ketones (excluding diaryl/α,β-unsaturated/α-hetero) is 1. The highest BCUT2D eigenvalue weighted by Gasteiger charge is 2.21. The molecule has 7 nitrogen and oxygen atoms in total. The van der Waals surface area contributed by atoms with Crippen molar-refractivity contribution in [2.24, 2.45) is 0 Å². The van der Waals surface area contributed by atoms with Gasteiger partial charge in [0.2, 0.25) is 0 Å². The number of carbonyl (C=O) groups is 2. The van der Waals surface area contributed by atoms with Crippen LogP contribution in [-0.2, 0) is 10.0 Å². The third kappa shape index (κ3) is 5.00. The van der Waals surface area contributed by atoms with Crippen LogP contribution in [0.25, 0.3) is 0 Å². The molecule has 0 aromatic heterocycles. The third-order valence-corrected chi connectivity index (χ3v) is 4.75. The molecule has 0 heterocycles. The Balaban J connectivity index is 2.28. The summed E-state index contributed by atoms with van der Waals surface area (Å²) in [7, 11) is -3.08. The minimum absolute atomic E-state index is 0.153. The van der Waals surface area contributed by atoms with Gasteiger partial charge in [0.25, 0.3) is 15.9 Å². The maximum atomic E-state index is 12.4. The SMILES string of the molecule is COc1cc(C(=O)NS(=O)(=O)c2cccc(C(C)=O)c2)ccc1OC(F)F. The molecule has 10 heteroatoms. The monoisotopic (exact) mass is 399 g/mol. The Kier molecular flexibility index (Phi) is 6.11. The van der Waals surface area contributed by atoms with Crippen LogP contribution in [0.5, 0.6) is 11.5 Å². The summed E-state index contributed by atoms with van der Waals surface area (Å²) in [5.41, 5.74) is 0.0141. The average Bonchev–Trinajstić information content (AvgIpc) is 2.61. The first-order chi connectivity index (χ1) is 12.6. The molecule has 1 amide bonds. The number of alkyl halides is 2. The van der Waals surface area contributed by atoms with Crippen LogP contribution in [0.15, 0.2) is 47.4 Å². The summed E-state index contributed by atoms with van der Waals surface area (Å²) in [6, 6.07) is 8.40. The number of amides is 1. The maximum absolute atomic E-state index is 12.4. The first kappa shape index (κ1) is 20.3. The Morgan fingerprint density at radius 2 is 1.74 bits per heavy atom. The molecule has 0 fully saturated rings. The number of nitrogens with one attached hydrogen (secondary N) is 1. The molecule has 0 aliphatic heterocycles. The van der Waals surface area contributed by atoms with Crippen molar-refractivity contribution in [3.63, 3.8) is 0 Å². The molecule has 2 aromatic carbocycles. The van der Waals surface area contributed by atoms with Gasteiger partial charge in [-0.3, -0.25) is 9.59 Å². The van der Waals surface area contributed by atoms with Gasteiger partial charge in [0.1, 0.15) is 0 Å². The predicted octanol–water partition coefficient (Wildman–Crippen LogP) is 2.62. The summed E-state index contributed by atoms with van der Waals surface area (Å²) < 4.78 is 60.3. The van der Waals surface area contributed by atoms with E-state index in [9.17, 15) is 26.8 Å². The summed E-state index contributed by atoms with van der Waals surface area (Å²) in [5.74, 6) is -1.82. The van der Waals surface area contributed by atoms with Crippen LogP contribution >= 0.6 is 0 Å². The zero-order valence-corrected chi connectivity index (χ0v) is 15.0. The van der Waals surface area contributed by atoms with Gasteiger partial charge in [-0.15, -0.1) is 0 Å². The minimum atomic E-state index is -4.26. The standard InChI is InChI=1S/C17H15F2NO6S/c1-10(21)11-4-3-5-13(8-11)27(23,24)20-16(22)12-6-7-14(26-17(18)19)15(9-12)25-2/h3-9,17H,1-2H3,(H,20,22). The first-order valence-electron chi connectivity index (χ1n) is 7.45. The zero-order chi connectivity index (χ0) is 20.2. The van der Waals surface area contributed by atoms with E-state index in [0.29, 0.717) is 0 Å². The van der Waals surface area contributed by atoms with Crippen LogP contribution < -0.4 is 14.2 Å². The molecule has 0 aliphatic carbocycles. The fourth-order valence-electron chi connectivity index (χ4n) is 2.12. The molecular formula is C17H15F2NO6S. The lowest BCUT2D eigenvalue weighted by molar-refractivity contribution is -0.0512. The molecule has 2 rings (SSSR count). The number of carbonyl (C=O) groups excluding carboxylic acids is 2. The number of rotatable bonds is 7. The molecule has 0 unspecified atom stereocenters. The highest BCUT2D eigenvalue weighted by Crippen LogP contribution is 2.29. The highest BCUT2D eigenvalue weighted by atomic mass is 32.2. The van der Waals surface area contributed by atoms with E-state index in [0.717, 1.165) is 24.3 Å². The lowest BCUT2D eigenvalue weighted by Gasteiger charge is -2.12. The Labute approximate surface area is 154 Å². The predicted molar refractivity (Wildman–Crippen MR) is 90.7 cm³/mol. The number of hydrogen-bond acceptors (Lipinski definition) is 6. The van der Waals surface area contributed by atoms with Gasteiger partial charge in [0.05, 0.1) is 12.0 Å². The normalized spacial score (nSPS) is 11.1. The molecule has 2 aromatic rings. The molecular weight excluding hydrogens is 384 g/mol. The van der Waals surface area contributed by atoms with E-state index < -0.39 is 22.5 Å². The van der Waals surface area contributed by atoms with E-state index in [1.165, 1.54) is 32.2 Å². The molecule has 0 aliphatic rings.